The maximum absolute atomic E-state index is 10.8. The van der Waals surface area contributed by atoms with Crippen molar-refractivity contribution in [2.75, 3.05) is 26.3 Å². The van der Waals surface area contributed by atoms with Crippen LogP contribution in [0.2, 0.25) is 0 Å². The van der Waals surface area contributed by atoms with Gasteiger partial charge in [-0.15, -0.1) is 0 Å². The van der Waals surface area contributed by atoms with Gasteiger partial charge in [0.1, 0.15) is 0 Å². The molecule has 2 aliphatic rings. The van der Waals surface area contributed by atoms with Crippen LogP contribution in [0, 0.1) is 0 Å². The minimum absolute atomic E-state index is 0.221. The summed E-state index contributed by atoms with van der Waals surface area (Å²) in [5, 5.41) is 8.84. The zero-order valence-electron chi connectivity index (χ0n) is 11.2. The van der Waals surface area contributed by atoms with Crippen molar-refractivity contribution in [1.82, 2.24) is 9.88 Å². The van der Waals surface area contributed by atoms with Crippen molar-refractivity contribution < 1.29 is 19.4 Å². The molecule has 0 radical (unpaired) electrons. The van der Waals surface area contributed by atoms with Crippen molar-refractivity contribution in [2.24, 2.45) is 0 Å². The molecular weight excluding hydrogens is 260 g/mol. The molecule has 108 valence electrons. The molecule has 0 saturated carbocycles. The first-order valence-corrected chi connectivity index (χ1v) is 6.85. The Labute approximate surface area is 117 Å². The normalized spacial score (nSPS) is 22.2. The van der Waals surface area contributed by atoms with Gasteiger partial charge in [-0.1, -0.05) is 0 Å². The van der Waals surface area contributed by atoms with Crippen LogP contribution in [0.15, 0.2) is 18.3 Å². The Hall–Kier alpha value is -1.50. The van der Waals surface area contributed by atoms with E-state index in [1.807, 2.05) is 0 Å². The lowest BCUT2D eigenvalue weighted by molar-refractivity contribution is -0.185. The van der Waals surface area contributed by atoms with Crippen molar-refractivity contribution in [2.45, 2.75) is 25.2 Å². The Kier molecular flexibility index (Phi) is 3.69. The van der Waals surface area contributed by atoms with Crippen LogP contribution in [0.25, 0.3) is 0 Å². The predicted octanol–water partition coefficient (Wildman–Crippen LogP) is 1.12. The number of aromatic carboxylic acids is 1. The molecule has 3 rings (SSSR count). The molecular formula is C14H18N2O4. The smallest absolute Gasteiger partial charge is 0.337 e. The molecule has 1 aromatic heterocycles. The summed E-state index contributed by atoms with van der Waals surface area (Å²) in [6.45, 7) is 3.93. The molecule has 1 spiro atoms. The molecule has 20 heavy (non-hydrogen) atoms. The van der Waals surface area contributed by atoms with E-state index in [2.05, 4.69) is 9.88 Å². The van der Waals surface area contributed by atoms with Gasteiger partial charge >= 0.3 is 5.97 Å². The summed E-state index contributed by atoms with van der Waals surface area (Å²) in [5.74, 6) is -1.30. The summed E-state index contributed by atoms with van der Waals surface area (Å²) >= 11 is 0. The number of pyridine rings is 1. The fourth-order valence-electron chi connectivity index (χ4n) is 2.71. The molecule has 6 heteroatoms. The van der Waals surface area contributed by atoms with Crippen molar-refractivity contribution in [3.05, 3.63) is 29.6 Å². The number of piperidine rings is 1. The molecule has 0 amide bonds. The third-order valence-electron chi connectivity index (χ3n) is 3.89. The SMILES string of the molecule is O=C(O)c1ccc(CN2CCC3(CC2)OCCO3)nc1. The first-order chi connectivity index (χ1) is 9.67. The van der Waals surface area contributed by atoms with E-state index < -0.39 is 5.97 Å². The Bertz CT molecular complexity index is 472. The average molecular weight is 278 g/mol. The molecule has 2 aliphatic heterocycles. The van der Waals surface area contributed by atoms with Gasteiger partial charge in [0, 0.05) is 38.7 Å². The molecule has 1 aromatic rings. The molecule has 0 aromatic carbocycles. The Morgan fingerprint density at radius 3 is 2.55 bits per heavy atom. The summed E-state index contributed by atoms with van der Waals surface area (Å²) in [7, 11) is 0. The zero-order chi connectivity index (χ0) is 14.0. The van der Waals surface area contributed by atoms with Crippen LogP contribution in [0.3, 0.4) is 0 Å². The topological polar surface area (TPSA) is 71.9 Å². The molecule has 2 fully saturated rings. The van der Waals surface area contributed by atoms with Crippen LogP contribution in [-0.2, 0) is 16.0 Å². The second kappa shape index (κ2) is 5.47. The third-order valence-corrected chi connectivity index (χ3v) is 3.89. The van der Waals surface area contributed by atoms with Crippen LogP contribution in [0.5, 0.6) is 0 Å². The summed E-state index contributed by atoms with van der Waals surface area (Å²) in [5.41, 5.74) is 1.11. The monoisotopic (exact) mass is 278 g/mol. The Morgan fingerprint density at radius 1 is 1.30 bits per heavy atom. The molecule has 1 N–H and O–H groups in total. The molecule has 0 atom stereocenters. The minimum Gasteiger partial charge on any atom is -0.478 e. The van der Waals surface area contributed by atoms with E-state index in [1.54, 1.807) is 12.1 Å². The standard InChI is InChI=1S/C14H18N2O4/c17-13(18)11-1-2-12(15-9-11)10-16-5-3-14(4-6-16)19-7-8-20-14/h1-2,9H,3-8,10H2,(H,17,18). The van der Waals surface area contributed by atoms with Gasteiger partial charge in [-0.25, -0.2) is 4.79 Å². The summed E-state index contributed by atoms with van der Waals surface area (Å²) < 4.78 is 11.4. The van der Waals surface area contributed by atoms with E-state index >= 15 is 0 Å². The highest BCUT2D eigenvalue weighted by molar-refractivity contribution is 5.87. The number of rotatable bonds is 3. The van der Waals surface area contributed by atoms with Gasteiger partial charge in [-0.3, -0.25) is 9.88 Å². The van der Waals surface area contributed by atoms with Crippen molar-refractivity contribution >= 4 is 5.97 Å². The van der Waals surface area contributed by atoms with Crippen molar-refractivity contribution in [3.8, 4) is 0 Å². The highest BCUT2D eigenvalue weighted by Gasteiger charge is 2.39. The van der Waals surface area contributed by atoms with Gasteiger partial charge in [0.25, 0.3) is 0 Å². The molecule has 0 bridgehead atoms. The van der Waals surface area contributed by atoms with Gasteiger partial charge in [0.05, 0.1) is 24.5 Å². The molecule has 0 unspecified atom stereocenters. The first-order valence-electron chi connectivity index (χ1n) is 6.85. The fourth-order valence-corrected chi connectivity index (χ4v) is 2.71. The van der Waals surface area contributed by atoms with E-state index in [9.17, 15) is 4.79 Å². The van der Waals surface area contributed by atoms with E-state index in [-0.39, 0.29) is 11.4 Å². The van der Waals surface area contributed by atoms with E-state index in [0.29, 0.717) is 13.2 Å². The van der Waals surface area contributed by atoms with Crippen molar-refractivity contribution in [1.29, 1.82) is 0 Å². The number of ether oxygens (including phenoxy) is 2. The number of hydrogen-bond acceptors (Lipinski definition) is 5. The minimum atomic E-state index is -0.945. The number of carbonyl (C=O) groups is 1. The lowest BCUT2D eigenvalue weighted by Gasteiger charge is -2.37. The summed E-state index contributed by atoms with van der Waals surface area (Å²) in [6.07, 6.45) is 3.16. The predicted molar refractivity (Wildman–Crippen MR) is 70.3 cm³/mol. The Morgan fingerprint density at radius 2 is 2.00 bits per heavy atom. The lowest BCUT2D eigenvalue weighted by Crippen LogP contribution is -2.44. The Balaban J connectivity index is 1.55. The van der Waals surface area contributed by atoms with Gasteiger partial charge in [0.2, 0.25) is 0 Å². The van der Waals surface area contributed by atoms with Gasteiger partial charge in [0.15, 0.2) is 5.79 Å². The number of nitrogens with zero attached hydrogens (tertiary/aromatic N) is 2. The number of carboxylic acids is 1. The maximum atomic E-state index is 10.8. The van der Waals surface area contributed by atoms with Crippen LogP contribution in [0.4, 0.5) is 0 Å². The largest absolute Gasteiger partial charge is 0.478 e. The second-order valence-corrected chi connectivity index (χ2v) is 5.23. The quantitative estimate of drug-likeness (QED) is 0.893. The highest BCUT2D eigenvalue weighted by Crippen LogP contribution is 2.31. The van der Waals surface area contributed by atoms with Crippen LogP contribution in [-0.4, -0.2) is 53.1 Å². The first kappa shape index (κ1) is 13.5. The van der Waals surface area contributed by atoms with Crippen LogP contribution < -0.4 is 0 Å². The maximum Gasteiger partial charge on any atom is 0.337 e. The van der Waals surface area contributed by atoms with Crippen LogP contribution >= 0.6 is 0 Å². The summed E-state index contributed by atoms with van der Waals surface area (Å²) in [4.78, 5) is 17.3. The van der Waals surface area contributed by atoms with Gasteiger partial charge in [-0.05, 0) is 12.1 Å². The lowest BCUT2D eigenvalue weighted by atomic mass is 10.0. The van der Waals surface area contributed by atoms with E-state index in [4.69, 9.17) is 14.6 Å². The van der Waals surface area contributed by atoms with Gasteiger partial charge < -0.3 is 14.6 Å². The number of likely N-dealkylation sites (tertiary alicyclic amines) is 1. The zero-order valence-corrected chi connectivity index (χ0v) is 11.2. The second-order valence-electron chi connectivity index (χ2n) is 5.23. The van der Waals surface area contributed by atoms with E-state index in [1.165, 1.54) is 6.20 Å². The van der Waals surface area contributed by atoms with Gasteiger partial charge in [-0.2, -0.15) is 0 Å². The molecule has 0 aliphatic carbocycles. The van der Waals surface area contributed by atoms with E-state index in [0.717, 1.165) is 38.2 Å². The average Bonchev–Trinajstić information content (AvgIpc) is 2.91. The van der Waals surface area contributed by atoms with Crippen molar-refractivity contribution in [3.63, 3.8) is 0 Å². The fraction of sp³-hybridized carbons (Fsp3) is 0.571. The number of carboxylic acid groups (broad SMARTS) is 1. The highest BCUT2D eigenvalue weighted by atomic mass is 16.7. The number of aromatic nitrogens is 1. The van der Waals surface area contributed by atoms with Crippen LogP contribution in [0.1, 0.15) is 28.9 Å². The molecule has 3 heterocycles. The summed E-state index contributed by atoms with van der Waals surface area (Å²) in [6, 6.07) is 3.37. The number of hydrogen-bond donors (Lipinski definition) is 1. The third kappa shape index (κ3) is 2.82. The molecule has 2 saturated heterocycles. The molecule has 6 nitrogen and oxygen atoms in total.